The average molecular weight is 470 g/mol. The highest BCUT2D eigenvalue weighted by Crippen LogP contribution is 2.35. The molecule has 0 fully saturated rings. The number of carboxylic acid groups (broad SMARTS) is 1. The summed E-state index contributed by atoms with van der Waals surface area (Å²) in [5.74, 6) is -1.55. The van der Waals surface area contributed by atoms with E-state index in [1.807, 2.05) is 42.5 Å². The van der Waals surface area contributed by atoms with Crippen molar-refractivity contribution >= 4 is 34.3 Å². The van der Waals surface area contributed by atoms with E-state index in [2.05, 4.69) is 10.3 Å². The highest BCUT2D eigenvalue weighted by Gasteiger charge is 2.37. The van der Waals surface area contributed by atoms with Crippen molar-refractivity contribution in [3.8, 4) is 11.1 Å². The number of nitrogens with zero attached hydrogens (tertiary/aromatic N) is 2. The lowest BCUT2D eigenvalue weighted by Crippen LogP contribution is -2.37. The Morgan fingerprint density at radius 3 is 2.41 bits per heavy atom. The smallest absolute Gasteiger partial charge is 0.335 e. The summed E-state index contributed by atoms with van der Waals surface area (Å²) in [5, 5.41) is 14.2. The number of amides is 2. The van der Waals surface area contributed by atoms with E-state index in [9.17, 15) is 14.4 Å². The van der Waals surface area contributed by atoms with Crippen LogP contribution in [0, 0.1) is 0 Å². The molecule has 4 aromatic rings. The SMILES string of the molecule is O=C(O)c1ccc(-c2ccc3c(c2)C(=O)N(C(C(=O)Nc2nccs2)c2ccccc2)C3)cc1. The van der Waals surface area contributed by atoms with Gasteiger partial charge in [-0.05, 0) is 40.5 Å². The normalized spacial score (nSPS) is 13.4. The van der Waals surface area contributed by atoms with Gasteiger partial charge >= 0.3 is 5.97 Å². The van der Waals surface area contributed by atoms with Gasteiger partial charge in [0.2, 0.25) is 0 Å². The molecule has 1 aromatic heterocycles. The van der Waals surface area contributed by atoms with Crippen LogP contribution in [0.2, 0.25) is 0 Å². The van der Waals surface area contributed by atoms with E-state index < -0.39 is 12.0 Å². The fourth-order valence-corrected chi connectivity index (χ4v) is 4.62. The predicted molar refractivity (Wildman–Crippen MR) is 129 cm³/mol. The highest BCUT2D eigenvalue weighted by atomic mass is 32.1. The van der Waals surface area contributed by atoms with E-state index in [1.165, 1.54) is 23.5 Å². The molecule has 0 aliphatic carbocycles. The molecule has 0 saturated carbocycles. The monoisotopic (exact) mass is 469 g/mol. The van der Waals surface area contributed by atoms with Crippen LogP contribution in [0.25, 0.3) is 11.1 Å². The van der Waals surface area contributed by atoms with Crippen molar-refractivity contribution in [1.82, 2.24) is 9.88 Å². The number of hydrogen-bond donors (Lipinski definition) is 2. The predicted octanol–water partition coefficient (Wildman–Crippen LogP) is 4.84. The summed E-state index contributed by atoms with van der Waals surface area (Å²) in [7, 11) is 0. The van der Waals surface area contributed by atoms with E-state index in [-0.39, 0.29) is 17.4 Å². The Morgan fingerprint density at radius 2 is 1.74 bits per heavy atom. The number of carboxylic acids is 1. The number of thiazole rings is 1. The molecule has 1 aliphatic heterocycles. The highest BCUT2D eigenvalue weighted by molar-refractivity contribution is 7.13. The lowest BCUT2D eigenvalue weighted by Gasteiger charge is -2.27. The standard InChI is InChI=1S/C26H19N3O4S/c30-23(28-26-27-12-13-34-26)22(17-4-2-1-3-5-17)29-15-20-11-10-19(14-21(20)24(29)31)16-6-8-18(9-7-16)25(32)33/h1-14,22H,15H2,(H,32,33)(H,27,28,30). The maximum absolute atomic E-state index is 13.5. The lowest BCUT2D eigenvalue weighted by atomic mass is 9.99. The second-order valence-corrected chi connectivity index (χ2v) is 8.72. The van der Waals surface area contributed by atoms with E-state index in [4.69, 9.17) is 5.11 Å². The summed E-state index contributed by atoms with van der Waals surface area (Å²) in [6.45, 7) is 0.303. The van der Waals surface area contributed by atoms with Crippen molar-refractivity contribution in [3.05, 3.63) is 107 Å². The van der Waals surface area contributed by atoms with E-state index in [0.717, 1.165) is 16.7 Å². The minimum Gasteiger partial charge on any atom is -0.478 e. The molecule has 34 heavy (non-hydrogen) atoms. The van der Waals surface area contributed by atoms with Crippen LogP contribution in [-0.2, 0) is 11.3 Å². The number of aromatic carboxylic acids is 1. The van der Waals surface area contributed by atoms with Crippen LogP contribution >= 0.6 is 11.3 Å². The molecule has 2 heterocycles. The number of aromatic nitrogens is 1. The summed E-state index contributed by atoms with van der Waals surface area (Å²) in [5.41, 5.74) is 3.88. The van der Waals surface area contributed by atoms with Crippen molar-refractivity contribution in [2.75, 3.05) is 5.32 Å². The maximum atomic E-state index is 13.5. The van der Waals surface area contributed by atoms with Crippen molar-refractivity contribution in [2.45, 2.75) is 12.6 Å². The zero-order chi connectivity index (χ0) is 23.7. The molecule has 168 valence electrons. The van der Waals surface area contributed by atoms with Gasteiger partial charge in [0.25, 0.3) is 11.8 Å². The zero-order valence-corrected chi connectivity index (χ0v) is 18.7. The quantitative estimate of drug-likeness (QED) is 0.421. The van der Waals surface area contributed by atoms with Crippen molar-refractivity contribution in [1.29, 1.82) is 0 Å². The number of nitrogens with one attached hydrogen (secondary N) is 1. The van der Waals surface area contributed by atoms with Crippen LogP contribution < -0.4 is 5.32 Å². The van der Waals surface area contributed by atoms with Gasteiger partial charge in [0.05, 0.1) is 5.56 Å². The first-order valence-corrected chi connectivity index (χ1v) is 11.4. The number of benzene rings is 3. The molecule has 2 N–H and O–H groups in total. The first kappa shape index (κ1) is 21.5. The topological polar surface area (TPSA) is 99.6 Å². The summed E-state index contributed by atoms with van der Waals surface area (Å²) in [6, 6.07) is 20.5. The maximum Gasteiger partial charge on any atom is 0.335 e. The van der Waals surface area contributed by atoms with Gasteiger partial charge in [0.1, 0.15) is 6.04 Å². The molecule has 5 rings (SSSR count). The molecule has 7 nitrogen and oxygen atoms in total. The third kappa shape index (κ3) is 4.06. The van der Waals surface area contributed by atoms with Crippen LogP contribution in [0.15, 0.2) is 84.4 Å². The van der Waals surface area contributed by atoms with Crippen molar-refractivity contribution < 1.29 is 19.5 Å². The Balaban J connectivity index is 1.46. The van der Waals surface area contributed by atoms with Gasteiger partial charge in [-0.1, -0.05) is 54.6 Å². The summed E-state index contributed by atoms with van der Waals surface area (Å²) in [6.07, 6.45) is 1.61. The lowest BCUT2D eigenvalue weighted by molar-refractivity contribution is -0.120. The zero-order valence-electron chi connectivity index (χ0n) is 17.8. The van der Waals surface area contributed by atoms with Gasteiger partial charge in [-0.2, -0.15) is 0 Å². The molecule has 0 spiro atoms. The Bertz CT molecular complexity index is 1370. The summed E-state index contributed by atoms with van der Waals surface area (Å²) in [4.78, 5) is 43.6. The number of carbonyl (C=O) groups excluding carboxylic acids is 2. The van der Waals surface area contributed by atoms with Gasteiger partial charge in [0, 0.05) is 23.7 Å². The molecule has 0 bridgehead atoms. The van der Waals surface area contributed by atoms with E-state index >= 15 is 0 Å². The second-order valence-electron chi connectivity index (χ2n) is 7.83. The average Bonchev–Trinajstić information content (AvgIpc) is 3.48. The third-order valence-corrected chi connectivity index (χ3v) is 6.43. The molecule has 2 amide bonds. The van der Waals surface area contributed by atoms with Crippen molar-refractivity contribution in [3.63, 3.8) is 0 Å². The number of rotatable bonds is 6. The number of hydrogen-bond acceptors (Lipinski definition) is 5. The second kappa shape index (κ2) is 8.92. The Morgan fingerprint density at radius 1 is 1.00 bits per heavy atom. The fraction of sp³-hybridized carbons (Fsp3) is 0.0769. The molecular formula is C26H19N3O4S. The Hall–Kier alpha value is -4.30. The molecule has 1 aliphatic rings. The number of carbonyl (C=O) groups is 3. The van der Waals surface area contributed by atoms with Crippen LogP contribution in [0.1, 0.15) is 37.9 Å². The van der Waals surface area contributed by atoms with Crippen LogP contribution in [0.5, 0.6) is 0 Å². The number of anilines is 1. The van der Waals surface area contributed by atoms with Gasteiger partial charge in [-0.25, -0.2) is 9.78 Å². The van der Waals surface area contributed by atoms with Gasteiger partial charge in [-0.3, -0.25) is 14.9 Å². The minimum atomic E-state index is -0.991. The molecule has 1 atom stereocenters. The van der Waals surface area contributed by atoms with Gasteiger partial charge in [-0.15, -0.1) is 11.3 Å². The summed E-state index contributed by atoms with van der Waals surface area (Å²) >= 11 is 1.31. The molecule has 1 unspecified atom stereocenters. The third-order valence-electron chi connectivity index (χ3n) is 5.74. The molecule has 3 aromatic carbocycles. The molecule has 0 radical (unpaired) electrons. The van der Waals surface area contributed by atoms with Gasteiger partial charge < -0.3 is 10.0 Å². The fourth-order valence-electron chi connectivity index (χ4n) is 4.08. The van der Waals surface area contributed by atoms with Crippen LogP contribution in [-0.4, -0.2) is 32.8 Å². The van der Waals surface area contributed by atoms with Crippen LogP contribution in [0.3, 0.4) is 0 Å². The molecule has 8 heteroatoms. The first-order chi connectivity index (χ1) is 16.5. The Kier molecular flexibility index (Phi) is 5.65. The van der Waals surface area contributed by atoms with Crippen LogP contribution in [0.4, 0.5) is 5.13 Å². The minimum absolute atomic E-state index is 0.198. The Labute approximate surface area is 199 Å². The largest absolute Gasteiger partial charge is 0.478 e. The first-order valence-electron chi connectivity index (χ1n) is 10.5. The number of fused-ring (bicyclic) bond motifs is 1. The van der Waals surface area contributed by atoms with E-state index in [1.54, 1.807) is 34.7 Å². The summed E-state index contributed by atoms with van der Waals surface area (Å²) < 4.78 is 0. The molecular weight excluding hydrogens is 450 g/mol. The van der Waals surface area contributed by atoms with E-state index in [0.29, 0.717) is 22.8 Å². The van der Waals surface area contributed by atoms with Crippen molar-refractivity contribution in [2.24, 2.45) is 0 Å². The molecule has 0 saturated heterocycles. The van der Waals surface area contributed by atoms with Gasteiger partial charge in [0.15, 0.2) is 5.13 Å².